The van der Waals surface area contributed by atoms with Crippen molar-refractivity contribution in [2.75, 3.05) is 25.6 Å². The molecule has 3 heteroatoms. The second-order valence-electron chi connectivity index (χ2n) is 5.24. The van der Waals surface area contributed by atoms with Crippen LogP contribution in [0.3, 0.4) is 0 Å². The van der Waals surface area contributed by atoms with Gasteiger partial charge in [-0.05, 0) is 38.1 Å². The second kappa shape index (κ2) is 9.40. The minimum atomic E-state index is 0.265. The number of hydrogen-bond donors (Lipinski definition) is 1. The topological polar surface area (TPSA) is 29.3 Å². The van der Waals surface area contributed by atoms with Crippen molar-refractivity contribution in [3.8, 4) is 0 Å². The molecule has 0 saturated heterocycles. The van der Waals surface area contributed by atoms with E-state index in [0.717, 1.165) is 19.4 Å². The van der Waals surface area contributed by atoms with Gasteiger partial charge in [-0.25, -0.2) is 0 Å². The number of benzene rings is 1. The fourth-order valence-corrected chi connectivity index (χ4v) is 3.23. The first kappa shape index (κ1) is 16.5. The summed E-state index contributed by atoms with van der Waals surface area (Å²) in [5, 5.41) is 0. The van der Waals surface area contributed by atoms with Gasteiger partial charge in [-0.15, -0.1) is 0 Å². The molecule has 0 bridgehead atoms. The average molecular weight is 280 g/mol. The lowest BCUT2D eigenvalue weighted by molar-refractivity contribution is 0.237. The summed E-state index contributed by atoms with van der Waals surface area (Å²) in [6.07, 6.45) is 5.51. The summed E-state index contributed by atoms with van der Waals surface area (Å²) < 4.78 is 0. The number of aryl methyl sites for hydroxylation is 1. The Kier molecular flexibility index (Phi) is 8.19. The van der Waals surface area contributed by atoms with E-state index < -0.39 is 0 Å². The van der Waals surface area contributed by atoms with Crippen LogP contribution in [0.2, 0.25) is 0 Å². The standard InChI is InChI=1S/C16H28N2S/c1-4-16(13-19-3)18(2)12-15(17)11-10-14-8-6-5-7-9-14/h5-9,15-16H,4,10-13,17H2,1-3H3. The van der Waals surface area contributed by atoms with E-state index in [1.807, 2.05) is 11.8 Å². The summed E-state index contributed by atoms with van der Waals surface area (Å²) in [5.74, 6) is 1.19. The van der Waals surface area contributed by atoms with E-state index in [9.17, 15) is 0 Å². The molecule has 2 atom stereocenters. The number of rotatable bonds is 9. The average Bonchev–Trinajstić information content (AvgIpc) is 2.43. The molecule has 0 heterocycles. The van der Waals surface area contributed by atoms with Crippen LogP contribution >= 0.6 is 11.8 Å². The molecule has 0 aromatic heterocycles. The van der Waals surface area contributed by atoms with Gasteiger partial charge in [-0.2, -0.15) is 11.8 Å². The van der Waals surface area contributed by atoms with Crippen LogP contribution in [0.5, 0.6) is 0 Å². The summed E-state index contributed by atoms with van der Waals surface area (Å²) in [7, 11) is 2.20. The first-order valence-electron chi connectivity index (χ1n) is 7.16. The molecular formula is C16H28N2S. The monoisotopic (exact) mass is 280 g/mol. The Hall–Kier alpha value is -0.510. The zero-order valence-electron chi connectivity index (χ0n) is 12.5. The molecule has 0 aliphatic heterocycles. The molecule has 0 aliphatic rings. The number of nitrogens with zero attached hydrogens (tertiary/aromatic N) is 1. The van der Waals surface area contributed by atoms with Crippen LogP contribution in [-0.2, 0) is 6.42 Å². The summed E-state index contributed by atoms with van der Waals surface area (Å²) in [6, 6.07) is 11.5. The lowest BCUT2D eigenvalue weighted by atomic mass is 10.0. The van der Waals surface area contributed by atoms with Crippen molar-refractivity contribution in [2.24, 2.45) is 5.73 Å². The normalized spacial score (nSPS) is 14.6. The SMILES string of the molecule is CCC(CSC)N(C)CC(N)CCc1ccccc1. The molecule has 0 fully saturated rings. The molecule has 2 nitrogen and oxygen atoms in total. The van der Waals surface area contributed by atoms with Crippen molar-refractivity contribution in [1.29, 1.82) is 0 Å². The highest BCUT2D eigenvalue weighted by Crippen LogP contribution is 2.10. The Bertz CT molecular complexity index is 329. The molecule has 1 aromatic carbocycles. The van der Waals surface area contributed by atoms with Gasteiger partial charge < -0.3 is 10.6 Å². The molecule has 0 aliphatic carbocycles. The molecule has 2 N–H and O–H groups in total. The molecule has 1 rings (SSSR count). The summed E-state index contributed by atoms with van der Waals surface area (Å²) in [4.78, 5) is 2.42. The first-order valence-corrected chi connectivity index (χ1v) is 8.55. The number of nitrogens with two attached hydrogens (primary N) is 1. The minimum absolute atomic E-state index is 0.265. The number of hydrogen-bond acceptors (Lipinski definition) is 3. The fraction of sp³-hybridized carbons (Fsp3) is 0.625. The molecular weight excluding hydrogens is 252 g/mol. The maximum Gasteiger partial charge on any atom is 0.0181 e. The Labute approximate surface area is 122 Å². The van der Waals surface area contributed by atoms with Gasteiger partial charge in [-0.3, -0.25) is 0 Å². The van der Waals surface area contributed by atoms with Crippen LogP contribution in [0.4, 0.5) is 0 Å². The largest absolute Gasteiger partial charge is 0.327 e. The predicted molar refractivity (Wildman–Crippen MR) is 87.8 cm³/mol. The predicted octanol–water partition coefficient (Wildman–Crippen LogP) is 3.02. The van der Waals surface area contributed by atoms with Crippen molar-refractivity contribution in [3.63, 3.8) is 0 Å². The zero-order valence-corrected chi connectivity index (χ0v) is 13.3. The van der Waals surface area contributed by atoms with Gasteiger partial charge in [0.15, 0.2) is 0 Å². The second-order valence-corrected chi connectivity index (χ2v) is 6.15. The third-order valence-corrected chi connectivity index (χ3v) is 4.34. The van der Waals surface area contributed by atoms with Gasteiger partial charge in [0.1, 0.15) is 0 Å². The van der Waals surface area contributed by atoms with Crippen molar-refractivity contribution in [2.45, 2.75) is 38.3 Å². The van der Waals surface area contributed by atoms with E-state index in [4.69, 9.17) is 5.73 Å². The summed E-state index contributed by atoms with van der Waals surface area (Å²) >= 11 is 1.92. The third kappa shape index (κ3) is 6.46. The van der Waals surface area contributed by atoms with Crippen LogP contribution in [0.25, 0.3) is 0 Å². The van der Waals surface area contributed by atoms with Crippen molar-refractivity contribution in [1.82, 2.24) is 4.90 Å². The zero-order chi connectivity index (χ0) is 14.1. The van der Waals surface area contributed by atoms with E-state index in [0.29, 0.717) is 6.04 Å². The molecule has 2 unspecified atom stereocenters. The van der Waals surface area contributed by atoms with E-state index in [1.165, 1.54) is 17.7 Å². The van der Waals surface area contributed by atoms with Crippen LogP contribution in [0.15, 0.2) is 30.3 Å². The smallest absolute Gasteiger partial charge is 0.0181 e. The number of thioether (sulfide) groups is 1. The third-order valence-electron chi connectivity index (χ3n) is 3.62. The van der Waals surface area contributed by atoms with Crippen molar-refractivity contribution < 1.29 is 0 Å². The summed E-state index contributed by atoms with van der Waals surface area (Å²) in [6.45, 7) is 3.25. The Morgan fingerprint density at radius 1 is 1.26 bits per heavy atom. The van der Waals surface area contributed by atoms with E-state index in [-0.39, 0.29) is 6.04 Å². The highest BCUT2D eigenvalue weighted by atomic mass is 32.2. The Balaban J connectivity index is 2.31. The van der Waals surface area contributed by atoms with Crippen LogP contribution in [0.1, 0.15) is 25.3 Å². The molecule has 0 amide bonds. The molecule has 0 saturated carbocycles. The minimum Gasteiger partial charge on any atom is -0.327 e. The molecule has 0 spiro atoms. The fourth-order valence-electron chi connectivity index (χ4n) is 2.36. The maximum atomic E-state index is 6.26. The van der Waals surface area contributed by atoms with Crippen LogP contribution in [-0.4, -0.2) is 42.6 Å². The molecule has 0 radical (unpaired) electrons. The Morgan fingerprint density at radius 3 is 2.53 bits per heavy atom. The Morgan fingerprint density at radius 2 is 1.95 bits per heavy atom. The van der Waals surface area contributed by atoms with Gasteiger partial charge in [0.05, 0.1) is 0 Å². The first-order chi connectivity index (χ1) is 9.17. The van der Waals surface area contributed by atoms with Crippen molar-refractivity contribution in [3.05, 3.63) is 35.9 Å². The maximum absolute atomic E-state index is 6.26. The number of likely N-dealkylation sites (N-methyl/N-ethyl adjacent to an activating group) is 1. The van der Waals surface area contributed by atoms with E-state index in [1.54, 1.807) is 0 Å². The van der Waals surface area contributed by atoms with Gasteiger partial charge >= 0.3 is 0 Å². The van der Waals surface area contributed by atoms with Gasteiger partial charge in [0.25, 0.3) is 0 Å². The van der Waals surface area contributed by atoms with Crippen LogP contribution < -0.4 is 5.73 Å². The van der Waals surface area contributed by atoms with Crippen molar-refractivity contribution >= 4 is 11.8 Å². The van der Waals surface area contributed by atoms with E-state index >= 15 is 0 Å². The summed E-state index contributed by atoms with van der Waals surface area (Å²) in [5.41, 5.74) is 7.65. The lowest BCUT2D eigenvalue weighted by Crippen LogP contribution is -2.42. The molecule has 19 heavy (non-hydrogen) atoms. The van der Waals surface area contributed by atoms with E-state index in [2.05, 4.69) is 55.5 Å². The quantitative estimate of drug-likeness (QED) is 0.754. The highest BCUT2D eigenvalue weighted by molar-refractivity contribution is 7.98. The highest BCUT2D eigenvalue weighted by Gasteiger charge is 2.14. The molecule has 1 aromatic rings. The molecule has 108 valence electrons. The van der Waals surface area contributed by atoms with Crippen LogP contribution in [0, 0.1) is 0 Å². The van der Waals surface area contributed by atoms with Gasteiger partial charge in [0, 0.05) is 24.4 Å². The van der Waals surface area contributed by atoms with Gasteiger partial charge in [-0.1, -0.05) is 37.3 Å². The lowest BCUT2D eigenvalue weighted by Gasteiger charge is -2.29. The van der Waals surface area contributed by atoms with Gasteiger partial charge in [0.2, 0.25) is 0 Å².